The van der Waals surface area contributed by atoms with Crippen molar-refractivity contribution in [2.45, 2.75) is 154 Å². The third-order valence-electron chi connectivity index (χ3n) is 8.37. The van der Waals surface area contributed by atoms with E-state index in [9.17, 15) is 24.5 Å². The minimum Gasteiger partial charge on any atom is -0.756 e. The number of phosphoric acid groups is 1. The summed E-state index contributed by atoms with van der Waals surface area (Å²) in [6.45, 7) is 4.11. The molecular weight excluding hydrogens is 663 g/mol. The lowest BCUT2D eigenvalue weighted by molar-refractivity contribution is -0.870. The summed E-state index contributed by atoms with van der Waals surface area (Å²) in [4.78, 5) is 25.2. The van der Waals surface area contributed by atoms with Gasteiger partial charge in [-0.1, -0.05) is 99.8 Å². The number of rotatable bonds is 34. The number of amides is 1. The molecule has 0 saturated heterocycles. The maximum Gasteiger partial charge on any atom is 0.268 e. The molecule has 0 heterocycles. The standard InChI is InChI=1S/C41H75N2O7P/c1-6-8-10-12-14-16-18-20-21-22-24-26-28-30-32-34-40(45)42-38(37-50-51(47,48)49-36-35-43(3,4)5)41(46)39(44)33-31-29-27-25-23-19-17-15-13-11-9-7-2/h7,9,14-17,20-21,25,27,38-39,41,44,46H,6,8,10-13,18-19,22-24,26,28-37H2,1-5H3,(H-,42,45,47,48)/b9-7+,16-14-,17-15+,21-20-,27-25+. The van der Waals surface area contributed by atoms with E-state index in [-0.39, 0.29) is 18.9 Å². The van der Waals surface area contributed by atoms with Gasteiger partial charge in [-0.05, 0) is 90.4 Å². The van der Waals surface area contributed by atoms with Crippen molar-refractivity contribution in [1.29, 1.82) is 0 Å². The Morgan fingerprint density at radius 1 is 0.745 bits per heavy atom. The minimum absolute atomic E-state index is 0.0559. The zero-order chi connectivity index (χ0) is 38.1. The second kappa shape index (κ2) is 32.8. The number of aliphatic hydroxyl groups excluding tert-OH is 2. The average Bonchev–Trinajstić information content (AvgIpc) is 3.07. The number of carbonyl (C=O) groups is 1. The number of nitrogens with one attached hydrogen (secondary N) is 1. The molecular formula is C41H75N2O7P. The lowest BCUT2D eigenvalue weighted by atomic mass is 10.0. The van der Waals surface area contributed by atoms with E-state index in [0.717, 1.165) is 70.6 Å². The van der Waals surface area contributed by atoms with E-state index in [1.165, 1.54) is 25.7 Å². The largest absolute Gasteiger partial charge is 0.756 e. The van der Waals surface area contributed by atoms with E-state index in [0.29, 0.717) is 30.3 Å². The Morgan fingerprint density at radius 2 is 1.27 bits per heavy atom. The van der Waals surface area contributed by atoms with Crippen molar-refractivity contribution in [2.75, 3.05) is 40.9 Å². The number of hydrogen-bond donors (Lipinski definition) is 3. The lowest BCUT2D eigenvalue weighted by Gasteiger charge is -2.31. The molecule has 0 aliphatic carbocycles. The number of nitrogens with zero attached hydrogens (tertiary/aromatic N) is 1. The molecule has 51 heavy (non-hydrogen) atoms. The quantitative estimate of drug-likeness (QED) is 0.0261. The molecule has 0 aliphatic heterocycles. The second-order valence-electron chi connectivity index (χ2n) is 14.4. The Kier molecular flexibility index (Phi) is 31.6. The molecule has 0 aliphatic rings. The highest BCUT2D eigenvalue weighted by molar-refractivity contribution is 7.45. The third kappa shape index (κ3) is 33.7. The topological polar surface area (TPSA) is 128 Å². The van der Waals surface area contributed by atoms with Gasteiger partial charge in [-0.2, -0.15) is 0 Å². The first-order chi connectivity index (χ1) is 24.4. The zero-order valence-corrected chi connectivity index (χ0v) is 33.8. The van der Waals surface area contributed by atoms with Crippen molar-refractivity contribution in [2.24, 2.45) is 0 Å². The lowest BCUT2D eigenvalue weighted by Crippen LogP contribution is -2.51. The Hall–Kier alpha value is -1.84. The number of carbonyl (C=O) groups excluding carboxylic acids is 1. The molecule has 0 radical (unpaired) electrons. The van der Waals surface area contributed by atoms with Gasteiger partial charge in [0, 0.05) is 6.42 Å². The van der Waals surface area contributed by atoms with E-state index in [1.54, 1.807) is 0 Å². The van der Waals surface area contributed by atoms with Crippen LogP contribution in [0.5, 0.6) is 0 Å². The highest BCUT2D eigenvalue weighted by atomic mass is 31.2. The van der Waals surface area contributed by atoms with Crippen LogP contribution in [0, 0.1) is 0 Å². The molecule has 4 atom stereocenters. The van der Waals surface area contributed by atoms with Crippen LogP contribution in [0.15, 0.2) is 60.8 Å². The van der Waals surface area contributed by atoms with Crippen LogP contribution >= 0.6 is 7.82 Å². The maximum atomic E-state index is 12.8. The average molecular weight is 739 g/mol. The van der Waals surface area contributed by atoms with Gasteiger partial charge in [0.25, 0.3) is 7.82 Å². The molecule has 0 aromatic rings. The van der Waals surface area contributed by atoms with Crippen molar-refractivity contribution in [3.05, 3.63) is 60.8 Å². The van der Waals surface area contributed by atoms with Crippen LogP contribution in [0.4, 0.5) is 0 Å². The third-order valence-corrected chi connectivity index (χ3v) is 9.33. The first kappa shape index (κ1) is 49.2. The van der Waals surface area contributed by atoms with Gasteiger partial charge in [0.2, 0.25) is 5.91 Å². The summed E-state index contributed by atoms with van der Waals surface area (Å²) >= 11 is 0. The van der Waals surface area contributed by atoms with Crippen LogP contribution in [0.25, 0.3) is 0 Å². The normalized spacial score (nSPS) is 15.8. The van der Waals surface area contributed by atoms with Crippen molar-refractivity contribution >= 4 is 13.7 Å². The van der Waals surface area contributed by atoms with Crippen LogP contribution in [-0.4, -0.2) is 79.8 Å². The summed E-state index contributed by atoms with van der Waals surface area (Å²) in [5, 5.41) is 24.4. The highest BCUT2D eigenvalue weighted by Crippen LogP contribution is 2.38. The fourth-order valence-electron chi connectivity index (χ4n) is 5.14. The summed E-state index contributed by atoms with van der Waals surface area (Å²) in [7, 11) is 1.07. The highest BCUT2D eigenvalue weighted by Gasteiger charge is 2.29. The molecule has 9 nitrogen and oxygen atoms in total. The number of quaternary nitrogens is 1. The summed E-state index contributed by atoms with van der Waals surface area (Å²) < 4.78 is 23.0. The van der Waals surface area contributed by atoms with Gasteiger partial charge in [0.05, 0.1) is 39.9 Å². The molecule has 10 heteroatoms. The Balaban J connectivity index is 4.70. The molecule has 1 amide bonds. The van der Waals surface area contributed by atoms with Crippen LogP contribution in [-0.2, 0) is 18.4 Å². The molecule has 0 rings (SSSR count). The Morgan fingerprint density at radius 3 is 1.88 bits per heavy atom. The van der Waals surface area contributed by atoms with Crippen LogP contribution in [0.1, 0.15) is 136 Å². The fourth-order valence-corrected chi connectivity index (χ4v) is 5.87. The van der Waals surface area contributed by atoms with E-state index in [2.05, 4.69) is 73.0 Å². The van der Waals surface area contributed by atoms with E-state index < -0.39 is 32.7 Å². The van der Waals surface area contributed by atoms with Gasteiger partial charge in [0.1, 0.15) is 19.3 Å². The molecule has 3 N–H and O–H groups in total. The Labute approximate surface area is 312 Å². The predicted octanol–water partition coefficient (Wildman–Crippen LogP) is 8.63. The van der Waals surface area contributed by atoms with Crippen LogP contribution in [0.2, 0.25) is 0 Å². The van der Waals surface area contributed by atoms with Gasteiger partial charge in [-0.3, -0.25) is 9.36 Å². The molecule has 4 unspecified atom stereocenters. The van der Waals surface area contributed by atoms with Gasteiger partial charge < -0.3 is 34.0 Å². The van der Waals surface area contributed by atoms with Crippen molar-refractivity contribution in [3.8, 4) is 0 Å². The first-order valence-electron chi connectivity index (χ1n) is 19.7. The monoisotopic (exact) mass is 739 g/mol. The molecule has 296 valence electrons. The molecule has 0 bridgehead atoms. The number of likely N-dealkylation sites (N-methyl/N-ethyl adjacent to an activating group) is 1. The number of phosphoric ester groups is 1. The van der Waals surface area contributed by atoms with E-state index in [1.807, 2.05) is 28.1 Å². The number of hydrogen-bond acceptors (Lipinski definition) is 7. The number of allylic oxidation sites excluding steroid dienone is 10. The molecule has 0 saturated carbocycles. The van der Waals surface area contributed by atoms with Crippen molar-refractivity contribution < 1.29 is 38.0 Å². The van der Waals surface area contributed by atoms with Gasteiger partial charge >= 0.3 is 0 Å². The summed E-state index contributed by atoms with van der Waals surface area (Å²) in [6, 6.07) is -1.11. The van der Waals surface area contributed by atoms with Crippen molar-refractivity contribution in [3.63, 3.8) is 0 Å². The first-order valence-corrected chi connectivity index (χ1v) is 21.1. The molecule has 0 aromatic carbocycles. The van der Waals surface area contributed by atoms with Gasteiger partial charge in [-0.25, -0.2) is 0 Å². The van der Waals surface area contributed by atoms with Crippen molar-refractivity contribution in [1.82, 2.24) is 5.32 Å². The fraction of sp³-hybridized carbons (Fsp3) is 0.732. The van der Waals surface area contributed by atoms with E-state index >= 15 is 0 Å². The smallest absolute Gasteiger partial charge is 0.268 e. The summed E-state index contributed by atoms with van der Waals surface area (Å²) in [5.74, 6) is -0.314. The zero-order valence-electron chi connectivity index (χ0n) is 32.9. The molecule has 0 aromatic heterocycles. The van der Waals surface area contributed by atoms with Gasteiger partial charge in [-0.15, -0.1) is 0 Å². The summed E-state index contributed by atoms with van der Waals surface area (Å²) in [6.07, 6.45) is 37.0. The SMILES string of the molecule is C/C=C/CC/C=C/CC/C=C/CCCC(O)C(O)C(COP(=O)([O-])OCC[N+](C)(C)C)NC(=O)CCCCCCC/C=C\C/C=C\CCCCC. The van der Waals surface area contributed by atoms with Crippen LogP contribution in [0.3, 0.4) is 0 Å². The maximum absolute atomic E-state index is 12.8. The second-order valence-corrected chi connectivity index (χ2v) is 15.8. The predicted molar refractivity (Wildman–Crippen MR) is 211 cm³/mol. The number of unbranched alkanes of at least 4 members (excludes halogenated alkanes) is 11. The summed E-state index contributed by atoms with van der Waals surface area (Å²) in [5.41, 5.74) is 0. The van der Waals surface area contributed by atoms with Crippen LogP contribution < -0.4 is 10.2 Å². The number of aliphatic hydroxyl groups is 2. The van der Waals surface area contributed by atoms with E-state index in [4.69, 9.17) is 9.05 Å². The minimum atomic E-state index is -4.68. The molecule has 0 spiro atoms. The molecule has 0 fully saturated rings. The van der Waals surface area contributed by atoms with Gasteiger partial charge in [0.15, 0.2) is 0 Å². The Bertz CT molecular complexity index is 1040.